The Balaban J connectivity index is 1.59. The molecule has 0 unspecified atom stereocenters. The van der Waals surface area contributed by atoms with Gasteiger partial charge in [0.05, 0.1) is 17.0 Å². The summed E-state index contributed by atoms with van der Waals surface area (Å²) in [5.74, 6) is -0.536. The van der Waals surface area contributed by atoms with Crippen molar-refractivity contribution in [3.05, 3.63) is 76.9 Å². The third-order valence-electron chi connectivity index (χ3n) is 4.07. The van der Waals surface area contributed by atoms with Crippen molar-refractivity contribution in [1.82, 2.24) is 4.90 Å². The molecular formula is C21H20FN3O3S. The van der Waals surface area contributed by atoms with E-state index in [0.717, 1.165) is 0 Å². The van der Waals surface area contributed by atoms with Crippen LogP contribution in [0.1, 0.15) is 15.2 Å². The van der Waals surface area contributed by atoms with Gasteiger partial charge in [-0.25, -0.2) is 9.18 Å². The predicted octanol–water partition coefficient (Wildman–Crippen LogP) is 4.81. The van der Waals surface area contributed by atoms with Crippen LogP contribution in [0.3, 0.4) is 0 Å². The van der Waals surface area contributed by atoms with E-state index in [9.17, 15) is 14.0 Å². The molecule has 0 aliphatic rings. The second-order valence-corrected chi connectivity index (χ2v) is 7.32. The second-order valence-electron chi connectivity index (χ2n) is 6.24. The number of nitrogens with zero attached hydrogens (tertiary/aromatic N) is 1. The van der Waals surface area contributed by atoms with Crippen molar-refractivity contribution in [2.45, 2.75) is 6.54 Å². The topological polar surface area (TPSA) is 70.7 Å². The van der Waals surface area contributed by atoms with E-state index in [4.69, 9.17) is 4.74 Å². The second kappa shape index (κ2) is 9.20. The third kappa shape index (κ3) is 5.32. The minimum Gasteiger partial charge on any atom is -0.494 e. The molecule has 3 amide bonds. The SMILES string of the molecule is COc1ccc(CN(C)C(=O)c2ccc(NC(=O)Nc3ccccc3)s2)cc1F. The van der Waals surface area contributed by atoms with Gasteiger partial charge in [0.15, 0.2) is 11.6 Å². The van der Waals surface area contributed by atoms with E-state index in [1.165, 1.54) is 35.5 Å². The van der Waals surface area contributed by atoms with Crippen molar-refractivity contribution in [2.24, 2.45) is 0 Å². The van der Waals surface area contributed by atoms with Crippen LogP contribution in [0.4, 0.5) is 19.9 Å². The van der Waals surface area contributed by atoms with Gasteiger partial charge in [-0.1, -0.05) is 24.3 Å². The molecule has 0 bridgehead atoms. The number of carbonyl (C=O) groups excluding carboxylic acids is 2. The quantitative estimate of drug-likeness (QED) is 0.609. The lowest BCUT2D eigenvalue weighted by molar-refractivity contribution is 0.0789. The van der Waals surface area contributed by atoms with Crippen LogP contribution in [0.5, 0.6) is 5.75 Å². The van der Waals surface area contributed by atoms with Gasteiger partial charge in [0.25, 0.3) is 5.91 Å². The summed E-state index contributed by atoms with van der Waals surface area (Å²) in [4.78, 5) is 26.7. The van der Waals surface area contributed by atoms with E-state index in [1.54, 1.807) is 37.4 Å². The van der Waals surface area contributed by atoms with Gasteiger partial charge < -0.3 is 15.0 Å². The van der Waals surface area contributed by atoms with E-state index in [1.807, 2.05) is 18.2 Å². The Morgan fingerprint density at radius 3 is 2.52 bits per heavy atom. The van der Waals surface area contributed by atoms with Crippen molar-refractivity contribution in [3.8, 4) is 5.75 Å². The normalized spacial score (nSPS) is 10.3. The molecule has 0 saturated heterocycles. The Morgan fingerprint density at radius 1 is 1.07 bits per heavy atom. The van der Waals surface area contributed by atoms with Gasteiger partial charge in [-0.2, -0.15) is 0 Å². The number of amides is 3. The molecule has 0 fully saturated rings. The molecule has 0 spiro atoms. The van der Waals surface area contributed by atoms with Gasteiger partial charge in [0.1, 0.15) is 0 Å². The number of nitrogens with one attached hydrogen (secondary N) is 2. The molecule has 0 radical (unpaired) electrons. The van der Waals surface area contributed by atoms with Crippen LogP contribution in [0, 0.1) is 5.82 Å². The molecule has 0 atom stereocenters. The molecule has 150 valence electrons. The standard InChI is InChI=1S/C21H20FN3O3S/c1-25(13-14-8-9-17(28-2)16(22)12-14)20(26)18-10-11-19(29-18)24-21(27)23-15-6-4-3-5-7-15/h3-12H,13H2,1-2H3,(H2,23,24,27). The lowest BCUT2D eigenvalue weighted by Crippen LogP contribution is -2.25. The van der Waals surface area contributed by atoms with Crippen molar-refractivity contribution in [1.29, 1.82) is 0 Å². The van der Waals surface area contributed by atoms with E-state index < -0.39 is 5.82 Å². The first kappa shape index (κ1) is 20.3. The number of ether oxygens (including phenoxy) is 1. The van der Waals surface area contributed by atoms with Crippen molar-refractivity contribution >= 4 is 34.0 Å². The molecular weight excluding hydrogens is 393 g/mol. The Bertz CT molecular complexity index is 1010. The van der Waals surface area contributed by atoms with Gasteiger partial charge in [0, 0.05) is 19.3 Å². The zero-order chi connectivity index (χ0) is 20.8. The molecule has 29 heavy (non-hydrogen) atoms. The highest BCUT2D eigenvalue weighted by Crippen LogP contribution is 2.24. The third-order valence-corrected chi connectivity index (χ3v) is 5.06. The number of halogens is 1. The molecule has 2 N–H and O–H groups in total. The Labute approximate surface area is 171 Å². The summed E-state index contributed by atoms with van der Waals surface area (Å²) in [7, 11) is 3.04. The summed E-state index contributed by atoms with van der Waals surface area (Å²) >= 11 is 1.17. The van der Waals surface area contributed by atoms with Gasteiger partial charge in [0.2, 0.25) is 0 Å². The van der Waals surface area contributed by atoms with E-state index in [-0.39, 0.29) is 24.2 Å². The summed E-state index contributed by atoms with van der Waals surface area (Å²) in [5.41, 5.74) is 1.32. The number of benzene rings is 2. The molecule has 3 aromatic rings. The maximum Gasteiger partial charge on any atom is 0.324 e. The summed E-state index contributed by atoms with van der Waals surface area (Å²) in [6, 6.07) is 16.6. The average Bonchev–Trinajstić information content (AvgIpc) is 3.16. The highest BCUT2D eigenvalue weighted by atomic mass is 32.1. The molecule has 3 rings (SSSR count). The molecule has 1 heterocycles. The molecule has 8 heteroatoms. The van der Waals surface area contributed by atoms with Crippen LogP contribution in [0.15, 0.2) is 60.7 Å². The minimum atomic E-state index is -0.474. The molecule has 1 aromatic heterocycles. The number of hydrogen-bond donors (Lipinski definition) is 2. The average molecular weight is 413 g/mol. The van der Waals surface area contributed by atoms with E-state index in [0.29, 0.717) is 21.1 Å². The maximum atomic E-state index is 13.8. The Hall–Kier alpha value is -3.39. The summed E-state index contributed by atoms with van der Waals surface area (Å²) in [5, 5.41) is 5.97. The van der Waals surface area contributed by atoms with Gasteiger partial charge in [-0.3, -0.25) is 10.1 Å². The Kier molecular flexibility index (Phi) is 6.46. The first-order valence-electron chi connectivity index (χ1n) is 8.77. The monoisotopic (exact) mass is 413 g/mol. The number of rotatable bonds is 6. The molecule has 0 aliphatic heterocycles. The fourth-order valence-electron chi connectivity index (χ4n) is 2.66. The van der Waals surface area contributed by atoms with Crippen LogP contribution in [-0.2, 0) is 6.54 Å². The Morgan fingerprint density at radius 2 is 1.83 bits per heavy atom. The fourth-order valence-corrected chi connectivity index (χ4v) is 3.55. The highest BCUT2D eigenvalue weighted by molar-refractivity contribution is 7.18. The van der Waals surface area contributed by atoms with Crippen LogP contribution < -0.4 is 15.4 Å². The number of urea groups is 1. The zero-order valence-corrected chi connectivity index (χ0v) is 16.8. The predicted molar refractivity (Wildman–Crippen MR) is 112 cm³/mol. The van der Waals surface area contributed by atoms with E-state index in [2.05, 4.69) is 10.6 Å². The van der Waals surface area contributed by atoms with Crippen molar-refractivity contribution in [2.75, 3.05) is 24.8 Å². The summed E-state index contributed by atoms with van der Waals surface area (Å²) in [6.07, 6.45) is 0. The number of methoxy groups -OCH3 is 1. The number of hydrogen-bond acceptors (Lipinski definition) is 4. The number of anilines is 2. The number of carbonyl (C=O) groups is 2. The van der Waals surface area contributed by atoms with Crippen LogP contribution in [-0.4, -0.2) is 31.0 Å². The first-order valence-corrected chi connectivity index (χ1v) is 9.58. The maximum absolute atomic E-state index is 13.8. The summed E-state index contributed by atoms with van der Waals surface area (Å²) in [6.45, 7) is 0.245. The number of thiophene rings is 1. The van der Waals surface area contributed by atoms with E-state index >= 15 is 0 Å². The zero-order valence-electron chi connectivity index (χ0n) is 15.9. The molecule has 0 aliphatic carbocycles. The van der Waals surface area contributed by atoms with Gasteiger partial charge in [-0.05, 0) is 42.0 Å². The fraction of sp³-hybridized carbons (Fsp3) is 0.143. The smallest absolute Gasteiger partial charge is 0.324 e. The molecule has 6 nitrogen and oxygen atoms in total. The van der Waals surface area contributed by atoms with Crippen LogP contribution >= 0.6 is 11.3 Å². The number of para-hydroxylation sites is 1. The largest absolute Gasteiger partial charge is 0.494 e. The minimum absolute atomic E-state index is 0.158. The summed E-state index contributed by atoms with van der Waals surface area (Å²) < 4.78 is 18.7. The first-order chi connectivity index (χ1) is 14.0. The van der Waals surface area contributed by atoms with Crippen molar-refractivity contribution < 1.29 is 18.7 Å². The van der Waals surface area contributed by atoms with Crippen LogP contribution in [0.25, 0.3) is 0 Å². The van der Waals surface area contributed by atoms with Gasteiger partial charge in [-0.15, -0.1) is 11.3 Å². The highest BCUT2D eigenvalue weighted by Gasteiger charge is 2.16. The molecule has 0 saturated carbocycles. The van der Waals surface area contributed by atoms with Crippen LogP contribution in [0.2, 0.25) is 0 Å². The molecule has 2 aromatic carbocycles. The van der Waals surface area contributed by atoms with Gasteiger partial charge >= 0.3 is 6.03 Å². The van der Waals surface area contributed by atoms with Crippen molar-refractivity contribution in [3.63, 3.8) is 0 Å². The lowest BCUT2D eigenvalue weighted by Gasteiger charge is -2.16. The lowest BCUT2D eigenvalue weighted by atomic mass is 10.2.